The summed E-state index contributed by atoms with van der Waals surface area (Å²) < 4.78 is 44.8. The Hall–Kier alpha value is -3.23. The van der Waals surface area contributed by atoms with Gasteiger partial charge in [0.15, 0.2) is 0 Å². The fourth-order valence-corrected chi connectivity index (χ4v) is 4.41. The maximum absolute atomic E-state index is 12.9. The Morgan fingerprint density at radius 2 is 1.81 bits per heavy atom. The summed E-state index contributed by atoms with van der Waals surface area (Å²) >= 11 is 5.96. The van der Waals surface area contributed by atoms with Crippen LogP contribution in [-0.2, 0) is 6.18 Å². The van der Waals surface area contributed by atoms with Gasteiger partial charge in [0.25, 0.3) is 0 Å². The molecule has 0 aliphatic carbocycles. The van der Waals surface area contributed by atoms with Crippen molar-refractivity contribution in [2.24, 2.45) is 0 Å². The second kappa shape index (κ2) is 11.7. The number of ether oxygens (including phenoxy) is 1. The third-order valence-corrected chi connectivity index (χ3v) is 6.26. The first kappa shape index (κ1) is 25.9. The number of likely N-dealkylation sites (tertiary alicyclic amines) is 1. The molecule has 0 radical (unpaired) electrons. The van der Waals surface area contributed by atoms with Gasteiger partial charge in [-0.3, -0.25) is 0 Å². The van der Waals surface area contributed by atoms with Gasteiger partial charge < -0.3 is 20.3 Å². The third kappa shape index (κ3) is 7.38. The van der Waals surface area contributed by atoms with E-state index in [4.69, 9.17) is 16.3 Å². The smallest absolute Gasteiger partial charge is 0.416 e. The van der Waals surface area contributed by atoms with Crippen LogP contribution in [0.25, 0.3) is 0 Å². The van der Waals surface area contributed by atoms with E-state index in [1.807, 2.05) is 30.3 Å². The van der Waals surface area contributed by atoms with Gasteiger partial charge in [0.1, 0.15) is 11.9 Å². The molecule has 1 aliphatic rings. The number of amides is 2. The van der Waals surface area contributed by atoms with E-state index in [0.717, 1.165) is 30.7 Å². The minimum Gasteiger partial charge on any atom is -0.486 e. The molecule has 1 aliphatic heterocycles. The average molecular weight is 518 g/mol. The van der Waals surface area contributed by atoms with Crippen molar-refractivity contribution >= 4 is 23.3 Å². The van der Waals surface area contributed by atoms with Crippen LogP contribution in [0.2, 0.25) is 5.02 Å². The normalized spacial score (nSPS) is 16.9. The van der Waals surface area contributed by atoms with E-state index in [2.05, 4.69) is 15.5 Å². The first-order valence-electron chi connectivity index (χ1n) is 11.7. The second-order valence-corrected chi connectivity index (χ2v) is 9.16. The fraction of sp³-hybridized carbons (Fsp3) is 0.296. The topological polar surface area (TPSA) is 53.6 Å². The molecule has 4 rings (SSSR count). The zero-order valence-corrected chi connectivity index (χ0v) is 20.2. The van der Waals surface area contributed by atoms with Crippen LogP contribution in [0, 0.1) is 0 Å². The highest BCUT2D eigenvalue weighted by Crippen LogP contribution is 2.32. The molecule has 5 nitrogen and oxygen atoms in total. The van der Waals surface area contributed by atoms with Gasteiger partial charge in [0.05, 0.1) is 5.56 Å². The minimum absolute atomic E-state index is 0.00944. The number of hydrogen-bond acceptors (Lipinski definition) is 3. The molecule has 2 atom stereocenters. The highest BCUT2D eigenvalue weighted by Gasteiger charge is 2.30. The fourth-order valence-electron chi connectivity index (χ4n) is 4.22. The van der Waals surface area contributed by atoms with E-state index < -0.39 is 11.7 Å². The van der Waals surface area contributed by atoms with Gasteiger partial charge in [-0.2, -0.15) is 13.2 Å². The number of nitrogens with one attached hydrogen (secondary N) is 2. The highest BCUT2D eigenvalue weighted by molar-refractivity contribution is 6.30. The van der Waals surface area contributed by atoms with Crippen LogP contribution in [0.5, 0.6) is 5.75 Å². The van der Waals surface area contributed by atoms with Crippen molar-refractivity contribution in [1.82, 2.24) is 10.2 Å². The van der Waals surface area contributed by atoms with Crippen molar-refractivity contribution in [2.75, 3.05) is 25.0 Å². The molecule has 1 saturated heterocycles. The number of rotatable bonds is 8. The van der Waals surface area contributed by atoms with Gasteiger partial charge >= 0.3 is 12.2 Å². The lowest BCUT2D eigenvalue weighted by molar-refractivity contribution is -0.137. The molecular formula is C27H27ClF3N3O2. The molecule has 0 spiro atoms. The number of hydrogen-bond donors (Lipinski definition) is 2. The predicted octanol–water partition coefficient (Wildman–Crippen LogP) is 6.77. The van der Waals surface area contributed by atoms with Crippen LogP contribution in [0.3, 0.4) is 0 Å². The molecule has 0 bridgehead atoms. The lowest BCUT2D eigenvalue weighted by Gasteiger charge is -2.23. The van der Waals surface area contributed by atoms with E-state index in [0.29, 0.717) is 36.0 Å². The first-order valence-corrected chi connectivity index (χ1v) is 12.1. The summed E-state index contributed by atoms with van der Waals surface area (Å²) in [5, 5.41) is 6.34. The van der Waals surface area contributed by atoms with Crippen LogP contribution in [0.15, 0.2) is 78.9 Å². The van der Waals surface area contributed by atoms with Crippen LogP contribution in [-0.4, -0.2) is 36.6 Å². The Bertz CT molecular complexity index is 1140. The number of urea groups is 1. The number of alkyl halides is 3. The molecule has 2 N–H and O–H groups in total. The molecule has 0 saturated carbocycles. The molecule has 1 heterocycles. The standard InChI is InChI=1S/C27H27ClF3N3O2/c28-21-7-4-8-22(17-21)32-26(35)33-23-13-15-34(18-23)16-14-25(19-5-2-1-3-6-19)36-24-11-9-20(10-12-24)27(29,30)31/h1-12,17,23,25H,13-16,18H2,(H2,32,33,35)/t23-,25?/m0/s1. The summed E-state index contributed by atoms with van der Waals surface area (Å²) in [6.07, 6.45) is -3.24. The zero-order valence-electron chi connectivity index (χ0n) is 19.5. The van der Waals surface area contributed by atoms with Crippen LogP contribution >= 0.6 is 11.6 Å². The van der Waals surface area contributed by atoms with E-state index in [-0.39, 0.29) is 18.2 Å². The summed E-state index contributed by atoms with van der Waals surface area (Å²) in [5.41, 5.74) is 0.870. The molecule has 1 unspecified atom stereocenters. The van der Waals surface area contributed by atoms with Gasteiger partial charge in [0, 0.05) is 42.8 Å². The molecule has 190 valence electrons. The van der Waals surface area contributed by atoms with Gasteiger partial charge in [-0.15, -0.1) is 0 Å². The largest absolute Gasteiger partial charge is 0.486 e. The van der Waals surface area contributed by atoms with Crippen molar-refractivity contribution in [2.45, 2.75) is 31.2 Å². The summed E-state index contributed by atoms with van der Waals surface area (Å²) in [6, 6.07) is 21.1. The van der Waals surface area contributed by atoms with Crippen LogP contribution < -0.4 is 15.4 Å². The molecule has 36 heavy (non-hydrogen) atoms. The number of carbonyl (C=O) groups is 1. The van der Waals surface area contributed by atoms with Crippen molar-refractivity contribution < 1.29 is 22.7 Å². The maximum Gasteiger partial charge on any atom is 0.416 e. The molecule has 1 fully saturated rings. The Kier molecular flexibility index (Phi) is 8.38. The van der Waals surface area contributed by atoms with Gasteiger partial charge in [-0.25, -0.2) is 4.79 Å². The van der Waals surface area contributed by atoms with Crippen LogP contribution in [0.4, 0.5) is 23.7 Å². The summed E-state index contributed by atoms with van der Waals surface area (Å²) in [7, 11) is 0. The number of benzene rings is 3. The Labute approximate surface area is 213 Å². The van der Waals surface area contributed by atoms with Crippen molar-refractivity contribution in [3.8, 4) is 5.75 Å². The Morgan fingerprint density at radius 1 is 1.06 bits per heavy atom. The second-order valence-electron chi connectivity index (χ2n) is 8.72. The molecular weight excluding hydrogens is 491 g/mol. The zero-order chi connectivity index (χ0) is 25.5. The summed E-state index contributed by atoms with van der Waals surface area (Å²) in [4.78, 5) is 14.6. The lowest BCUT2D eigenvalue weighted by Crippen LogP contribution is -2.39. The number of halogens is 4. The average Bonchev–Trinajstić information content (AvgIpc) is 3.29. The first-order chi connectivity index (χ1) is 17.3. The number of nitrogens with zero attached hydrogens (tertiary/aromatic N) is 1. The van der Waals surface area contributed by atoms with E-state index in [1.165, 1.54) is 12.1 Å². The van der Waals surface area contributed by atoms with Gasteiger partial charge in [-0.1, -0.05) is 48.0 Å². The molecule has 0 aromatic heterocycles. The highest BCUT2D eigenvalue weighted by atomic mass is 35.5. The number of anilines is 1. The molecule has 3 aromatic rings. The van der Waals surface area contributed by atoms with Gasteiger partial charge in [-0.05, 0) is 54.4 Å². The Balaban J connectivity index is 1.31. The Morgan fingerprint density at radius 3 is 2.50 bits per heavy atom. The van der Waals surface area contributed by atoms with Crippen molar-refractivity contribution in [3.63, 3.8) is 0 Å². The summed E-state index contributed by atoms with van der Waals surface area (Å²) in [5.74, 6) is 0.385. The van der Waals surface area contributed by atoms with Crippen LogP contribution in [0.1, 0.15) is 30.1 Å². The SMILES string of the molecule is O=C(Nc1cccc(Cl)c1)N[C@H]1CCN(CCC(Oc2ccc(C(F)(F)F)cc2)c2ccccc2)C1. The monoisotopic (exact) mass is 517 g/mol. The molecule has 3 aromatic carbocycles. The van der Waals surface area contributed by atoms with E-state index in [9.17, 15) is 18.0 Å². The third-order valence-electron chi connectivity index (χ3n) is 6.03. The quantitative estimate of drug-likeness (QED) is 0.347. The van der Waals surface area contributed by atoms with E-state index >= 15 is 0 Å². The van der Waals surface area contributed by atoms with Gasteiger partial charge in [0.2, 0.25) is 0 Å². The lowest BCUT2D eigenvalue weighted by atomic mass is 10.1. The predicted molar refractivity (Wildman–Crippen MR) is 134 cm³/mol. The molecule has 2 amide bonds. The summed E-state index contributed by atoms with van der Waals surface area (Å²) in [6.45, 7) is 2.24. The maximum atomic E-state index is 12.9. The van der Waals surface area contributed by atoms with E-state index in [1.54, 1.807) is 24.3 Å². The molecule has 9 heteroatoms. The number of carbonyl (C=O) groups excluding carboxylic acids is 1. The van der Waals surface area contributed by atoms with Crippen molar-refractivity contribution in [3.05, 3.63) is 95.0 Å². The minimum atomic E-state index is -4.39. The van der Waals surface area contributed by atoms with Crippen molar-refractivity contribution in [1.29, 1.82) is 0 Å².